The predicted octanol–water partition coefficient (Wildman–Crippen LogP) is 4.42. The lowest BCUT2D eigenvalue weighted by Crippen LogP contribution is -2.49. The van der Waals surface area contributed by atoms with Crippen molar-refractivity contribution in [3.63, 3.8) is 0 Å². The fourth-order valence-electron chi connectivity index (χ4n) is 4.61. The molecule has 0 radical (unpaired) electrons. The largest absolute Gasteiger partial charge is 0.335 e. The van der Waals surface area contributed by atoms with E-state index in [1.807, 2.05) is 0 Å². The predicted molar refractivity (Wildman–Crippen MR) is 87.0 cm³/mol. The third-order valence-corrected chi connectivity index (χ3v) is 6.94. The molecule has 2 aliphatic carbocycles. The van der Waals surface area contributed by atoms with E-state index in [4.69, 9.17) is 0 Å². The van der Waals surface area contributed by atoms with Gasteiger partial charge in [0, 0.05) is 17.5 Å². The van der Waals surface area contributed by atoms with E-state index in [-0.39, 0.29) is 0 Å². The quantitative estimate of drug-likeness (QED) is 0.752. The smallest absolute Gasteiger partial charge is 0.264 e. The highest BCUT2D eigenvalue weighted by Gasteiger charge is 2.36. The maximum atomic E-state index is 13.0. The molecular weight excluding hydrogens is 278 g/mol. The average Bonchev–Trinajstić information content (AvgIpc) is 2.97. The van der Waals surface area contributed by atoms with Gasteiger partial charge in [-0.2, -0.15) is 0 Å². The fourth-order valence-corrected chi connectivity index (χ4v) is 5.82. The summed E-state index contributed by atoms with van der Waals surface area (Å²) in [4.78, 5) is 17.8. The van der Waals surface area contributed by atoms with Crippen LogP contribution < -0.4 is 0 Å². The number of carbonyl (C=O) groups excluding carboxylic acids is 1. The summed E-state index contributed by atoms with van der Waals surface area (Å²) in [6.07, 6.45) is 12.8. The van der Waals surface area contributed by atoms with Crippen molar-refractivity contribution in [1.29, 1.82) is 0 Å². The molecule has 3 aliphatic rings. The lowest BCUT2D eigenvalue weighted by molar-refractivity contribution is 0.0395. The second-order valence-electron chi connectivity index (χ2n) is 7.02. The van der Waals surface area contributed by atoms with Crippen molar-refractivity contribution in [1.82, 2.24) is 4.90 Å². The minimum Gasteiger partial charge on any atom is -0.335 e. The third kappa shape index (κ3) is 2.54. The highest BCUT2D eigenvalue weighted by atomic mass is 32.1. The molecule has 0 spiro atoms. The van der Waals surface area contributed by atoms with Crippen molar-refractivity contribution in [3.05, 3.63) is 21.4 Å². The molecule has 0 N–H and O–H groups in total. The molecule has 4 rings (SSSR count). The fraction of sp³-hybridized carbons (Fsp3) is 0.722. The SMILES string of the molecule is O=C(c1cc2c(s1)CCCC2)N1CCCC2CCCCC21. The van der Waals surface area contributed by atoms with Gasteiger partial charge in [-0.15, -0.1) is 11.3 Å². The van der Waals surface area contributed by atoms with Crippen LogP contribution in [0.4, 0.5) is 0 Å². The van der Waals surface area contributed by atoms with Crippen LogP contribution >= 0.6 is 11.3 Å². The number of hydrogen-bond acceptors (Lipinski definition) is 2. The van der Waals surface area contributed by atoms with Gasteiger partial charge in [0.25, 0.3) is 5.91 Å². The Kier molecular flexibility index (Phi) is 3.78. The molecule has 2 atom stereocenters. The van der Waals surface area contributed by atoms with Crippen molar-refractivity contribution in [3.8, 4) is 0 Å². The summed E-state index contributed by atoms with van der Waals surface area (Å²) in [5.41, 5.74) is 1.46. The van der Waals surface area contributed by atoms with Gasteiger partial charge in [0.2, 0.25) is 0 Å². The van der Waals surface area contributed by atoms with E-state index in [0.29, 0.717) is 11.9 Å². The number of likely N-dealkylation sites (tertiary alicyclic amines) is 1. The topological polar surface area (TPSA) is 20.3 Å². The van der Waals surface area contributed by atoms with Gasteiger partial charge in [-0.05, 0) is 68.9 Å². The highest BCUT2D eigenvalue weighted by molar-refractivity contribution is 7.14. The van der Waals surface area contributed by atoms with Crippen LogP contribution in [0.3, 0.4) is 0 Å². The number of nitrogens with zero attached hydrogens (tertiary/aromatic N) is 1. The molecule has 1 aromatic rings. The van der Waals surface area contributed by atoms with Crippen molar-refractivity contribution in [2.24, 2.45) is 5.92 Å². The summed E-state index contributed by atoms with van der Waals surface area (Å²) in [5.74, 6) is 1.12. The van der Waals surface area contributed by atoms with E-state index in [1.165, 1.54) is 74.6 Å². The molecule has 114 valence electrons. The second-order valence-corrected chi connectivity index (χ2v) is 8.16. The lowest BCUT2D eigenvalue weighted by atomic mass is 9.78. The number of thiophene rings is 1. The maximum Gasteiger partial charge on any atom is 0.264 e. The van der Waals surface area contributed by atoms with Crippen LogP contribution in [-0.2, 0) is 12.8 Å². The summed E-state index contributed by atoms with van der Waals surface area (Å²) >= 11 is 1.79. The molecular formula is C18H25NOS. The normalized spacial score (nSPS) is 28.9. The second kappa shape index (κ2) is 5.75. The average molecular weight is 303 g/mol. The first-order valence-corrected chi connectivity index (χ1v) is 9.57. The highest BCUT2D eigenvalue weighted by Crippen LogP contribution is 2.37. The zero-order chi connectivity index (χ0) is 14.2. The molecule has 0 aromatic carbocycles. The van der Waals surface area contributed by atoms with E-state index in [1.54, 1.807) is 11.3 Å². The van der Waals surface area contributed by atoms with Gasteiger partial charge in [-0.3, -0.25) is 4.79 Å². The number of hydrogen-bond donors (Lipinski definition) is 0. The first kappa shape index (κ1) is 13.8. The van der Waals surface area contributed by atoms with Gasteiger partial charge in [-0.25, -0.2) is 0 Å². The lowest BCUT2D eigenvalue weighted by Gasteiger charge is -2.44. The van der Waals surface area contributed by atoms with Gasteiger partial charge < -0.3 is 4.90 Å². The summed E-state index contributed by atoms with van der Waals surface area (Å²) in [7, 11) is 0. The van der Waals surface area contributed by atoms with Crippen LogP contribution in [0.25, 0.3) is 0 Å². The molecule has 1 aromatic heterocycles. The van der Waals surface area contributed by atoms with Crippen LogP contribution in [0.1, 0.15) is 71.5 Å². The minimum atomic E-state index is 0.339. The molecule has 2 fully saturated rings. The summed E-state index contributed by atoms with van der Waals surface area (Å²) in [5, 5.41) is 0. The van der Waals surface area contributed by atoms with Crippen LogP contribution in [0.2, 0.25) is 0 Å². The Morgan fingerprint density at radius 3 is 2.76 bits per heavy atom. The Labute approximate surface area is 131 Å². The molecule has 1 amide bonds. The van der Waals surface area contributed by atoms with E-state index >= 15 is 0 Å². The number of amides is 1. The number of rotatable bonds is 1. The van der Waals surface area contributed by atoms with E-state index in [2.05, 4.69) is 11.0 Å². The number of piperidine rings is 1. The molecule has 2 nitrogen and oxygen atoms in total. The van der Waals surface area contributed by atoms with Gasteiger partial charge >= 0.3 is 0 Å². The Bertz CT molecular complexity index is 510. The molecule has 2 heterocycles. The Hall–Kier alpha value is -0.830. The number of carbonyl (C=O) groups is 1. The van der Waals surface area contributed by atoms with Crippen LogP contribution in [-0.4, -0.2) is 23.4 Å². The minimum absolute atomic E-state index is 0.339. The molecule has 0 bridgehead atoms. The first-order valence-electron chi connectivity index (χ1n) is 8.75. The molecule has 21 heavy (non-hydrogen) atoms. The molecule has 1 saturated carbocycles. The van der Waals surface area contributed by atoms with E-state index < -0.39 is 0 Å². The number of fused-ring (bicyclic) bond motifs is 2. The molecule has 1 aliphatic heterocycles. The van der Waals surface area contributed by atoms with Gasteiger partial charge in [-0.1, -0.05) is 12.8 Å². The maximum absolute atomic E-state index is 13.0. The molecule has 2 unspecified atom stereocenters. The zero-order valence-corrected chi connectivity index (χ0v) is 13.6. The number of aryl methyl sites for hydroxylation is 2. The van der Waals surface area contributed by atoms with Crippen molar-refractivity contribution in [2.75, 3.05) is 6.54 Å². The van der Waals surface area contributed by atoms with Crippen LogP contribution in [0.5, 0.6) is 0 Å². The Morgan fingerprint density at radius 2 is 1.86 bits per heavy atom. The van der Waals surface area contributed by atoms with Crippen molar-refractivity contribution >= 4 is 17.2 Å². The Balaban J connectivity index is 1.57. The van der Waals surface area contributed by atoms with Gasteiger partial charge in [0.1, 0.15) is 0 Å². The Morgan fingerprint density at radius 1 is 1.05 bits per heavy atom. The van der Waals surface area contributed by atoms with E-state index in [0.717, 1.165) is 17.3 Å². The summed E-state index contributed by atoms with van der Waals surface area (Å²) < 4.78 is 0. The van der Waals surface area contributed by atoms with Crippen LogP contribution in [0, 0.1) is 5.92 Å². The van der Waals surface area contributed by atoms with Crippen molar-refractivity contribution < 1.29 is 4.79 Å². The van der Waals surface area contributed by atoms with Gasteiger partial charge in [0.15, 0.2) is 0 Å². The van der Waals surface area contributed by atoms with Crippen molar-refractivity contribution in [2.45, 2.75) is 70.3 Å². The first-order chi connectivity index (χ1) is 10.3. The molecule has 1 saturated heterocycles. The standard InChI is InChI=1S/C18H25NOS/c20-18(17-12-14-7-2-4-10-16(14)21-17)19-11-5-8-13-6-1-3-9-15(13)19/h12-13,15H,1-11H2. The summed E-state index contributed by atoms with van der Waals surface area (Å²) in [6.45, 7) is 0.989. The summed E-state index contributed by atoms with van der Waals surface area (Å²) in [6, 6.07) is 2.76. The molecule has 3 heteroatoms. The van der Waals surface area contributed by atoms with Gasteiger partial charge in [0.05, 0.1) is 4.88 Å². The zero-order valence-electron chi connectivity index (χ0n) is 12.8. The van der Waals surface area contributed by atoms with Crippen LogP contribution in [0.15, 0.2) is 6.07 Å². The third-order valence-electron chi connectivity index (χ3n) is 5.71. The van der Waals surface area contributed by atoms with E-state index in [9.17, 15) is 4.79 Å². The monoisotopic (exact) mass is 303 g/mol.